The van der Waals surface area contributed by atoms with E-state index in [4.69, 9.17) is 0 Å². The van der Waals surface area contributed by atoms with Gasteiger partial charge in [0.25, 0.3) is 0 Å². The van der Waals surface area contributed by atoms with Gasteiger partial charge in [-0.2, -0.15) is 0 Å². The number of benzene rings is 3. The summed E-state index contributed by atoms with van der Waals surface area (Å²) < 4.78 is 0. The van der Waals surface area contributed by atoms with Crippen LogP contribution in [0.2, 0.25) is 0 Å². The number of anilines is 3. The highest BCUT2D eigenvalue weighted by molar-refractivity contribution is 6.06. The first-order chi connectivity index (χ1) is 15.9. The number of rotatable bonds is 6. The van der Waals surface area contributed by atoms with Crippen LogP contribution >= 0.6 is 0 Å². The van der Waals surface area contributed by atoms with Gasteiger partial charge in [-0.25, -0.2) is 0 Å². The van der Waals surface area contributed by atoms with E-state index in [9.17, 15) is 9.59 Å². The fourth-order valence-corrected chi connectivity index (χ4v) is 4.67. The van der Waals surface area contributed by atoms with Crippen molar-refractivity contribution in [3.8, 4) is 0 Å². The van der Waals surface area contributed by atoms with E-state index in [0.717, 1.165) is 33.8 Å². The largest absolute Gasteiger partial charge is 0.326 e. The van der Waals surface area contributed by atoms with Gasteiger partial charge in [0.2, 0.25) is 11.8 Å². The molecule has 0 saturated carbocycles. The fourth-order valence-electron chi connectivity index (χ4n) is 4.67. The zero-order valence-electron chi connectivity index (χ0n) is 19.8. The van der Waals surface area contributed by atoms with E-state index in [1.807, 2.05) is 54.6 Å². The van der Waals surface area contributed by atoms with Gasteiger partial charge in [0, 0.05) is 17.8 Å². The first-order valence-electron chi connectivity index (χ1n) is 11.8. The Hall–Kier alpha value is -3.40. The number of amides is 2. The lowest BCUT2D eigenvalue weighted by atomic mass is 9.88. The summed E-state index contributed by atoms with van der Waals surface area (Å²) in [6.07, 6.45) is 0.717. The first kappa shape index (κ1) is 22.8. The topological polar surface area (TPSA) is 49.4 Å². The monoisotopic (exact) mass is 440 g/mol. The van der Waals surface area contributed by atoms with Crippen molar-refractivity contribution in [2.45, 2.75) is 52.4 Å². The number of hydrogen-bond donors (Lipinski definition) is 1. The summed E-state index contributed by atoms with van der Waals surface area (Å²) in [5.74, 6) is 0.0207. The van der Waals surface area contributed by atoms with Gasteiger partial charge in [-0.15, -0.1) is 0 Å². The standard InChI is InChI=1S/C29H32N2O2/c1-19(2)24-14-10-15-25(20(3)4)28(24)30-27(32)18-22-17-21-11-8-9-16-26(21)31(29(22)33)23-12-6-5-7-13-23/h5-16,19-20,22H,17-18H2,1-4H3,(H,30,32). The Balaban J connectivity index is 1.62. The molecule has 1 unspecified atom stereocenters. The van der Waals surface area contributed by atoms with Crippen molar-refractivity contribution in [2.75, 3.05) is 10.2 Å². The number of hydrogen-bond acceptors (Lipinski definition) is 2. The molecule has 0 spiro atoms. The van der Waals surface area contributed by atoms with E-state index in [-0.39, 0.29) is 30.1 Å². The van der Waals surface area contributed by atoms with Gasteiger partial charge in [0.05, 0.1) is 11.6 Å². The second-order valence-electron chi connectivity index (χ2n) is 9.41. The maximum atomic E-state index is 13.6. The quantitative estimate of drug-likeness (QED) is 0.458. The molecule has 0 saturated heterocycles. The van der Waals surface area contributed by atoms with E-state index >= 15 is 0 Å². The zero-order chi connectivity index (χ0) is 23.5. The normalized spacial score (nSPS) is 15.6. The molecule has 0 fully saturated rings. The minimum atomic E-state index is -0.409. The molecule has 2 amide bonds. The van der Waals surface area contributed by atoms with Gasteiger partial charge in [-0.3, -0.25) is 14.5 Å². The number of nitrogens with one attached hydrogen (secondary N) is 1. The summed E-state index contributed by atoms with van der Waals surface area (Å²) in [6.45, 7) is 8.53. The number of nitrogens with zero attached hydrogens (tertiary/aromatic N) is 1. The highest BCUT2D eigenvalue weighted by Gasteiger charge is 2.35. The molecular formula is C29H32N2O2. The molecule has 33 heavy (non-hydrogen) atoms. The third kappa shape index (κ3) is 4.70. The van der Waals surface area contributed by atoms with E-state index in [2.05, 4.69) is 51.2 Å². The van der Waals surface area contributed by atoms with Crippen molar-refractivity contribution in [1.29, 1.82) is 0 Å². The summed E-state index contributed by atoms with van der Waals surface area (Å²) in [5, 5.41) is 3.18. The molecule has 1 atom stereocenters. The molecule has 0 aliphatic carbocycles. The minimum Gasteiger partial charge on any atom is -0.326 e. The molecule has 1 aliphatic heterocycles. The third-order valence-electron chi connectivity index (χ3n) is 6.35. The van der Waals surface area contributed by atoms with Gasteiger partial charge >= 0.3 is 0 Å². The molecule has 4 rings (SSSR count). The Morgan fingerprint density at radius 3 is 2.12 bits per heavy atom. The zero-order valence-corrected chi connectivity index (χ0v) is 19.8. The molecule has 1 aliphatic rings. The van der Waals surface area contributed by atoms with Gasteiger partial charge in [-0.05, 0) is 53.1 Å². The Labute approximate surface area is 196 Å². The molecule has 1 heterocycles. The highest BCUT2D eigenvalue weighted by atomic mass is 16.2. The van der Waals surface area contributed by atoms with Crippen molar-refractivity contribution in [1.82, 2.24) is 0 Å². The van der Waals surface area contributed by atoms with Crippen LogP contribution in [0.3, 0.4) is 0 Å². The SMILES string of the molecule is CC(C)c1cccc(C(C)C)c1NC(=O)CC1Cc2ccccc2N(c2ccccc2)C1=O. The molecule has 3 aromatic rings. The molecule has 3 aromatic carbocycles. The number of para-hydroxylation sites is 3. The molecule has 170 valence electrons. The maximum absolute atomic E-state index is 13.6. The van der Waals surface area contributed by atoms with Gasteiger partial charge < -0.3 is 5.32 Å². The van der Waals surface area contributed by atoms with Gasteiger partial charge in [0.1, 0.15) is 0 Å². The Bertz CT molecular complexity index is 1130. The summed E-state index contributed by atoms with van der Waals surface area (Å²) in [6, 6.07) is 23.8. The summed E-state index contributed by atoms with van der Waals surface area (Å²) in [4.78, 5) is 28.6. The number of fused-ring (bicyclic) bond motifs is 1. The van der Waals surface area contributed by atoms with Crippen LogP contribution in [0.1, 0.15) is 62.6 Å². The number of carbonyl (C=O) groups excluding carboxylic acids is 2. The van der Waals surface area contributed by atoms with Crippen LogP contribution in [0.5, 0.6) is 0 Å². The Morgan fingerprint density at radius 1 is 0.879 bits per heavy atom. The van der Waals surface area contributed by atoms with Crippen LogP contribution in [-0.4, -0.2) is 11.8 Å². The Kier molecular flexibility index (Phi) is 6.64. The molecule has 0 radical (unpaired) electrons. The lowest BCUT2D eigenvalue weighted by Crippen LogP contribution is -2.39. The van der Waals surface area contributed by atoms with Crippen LogP contribution in [0.25, 0.3) is 0 Å². The molecule has 0 bridgehead atoms. The Morgan fingerprint density at radius 2 is 1.48 bits per heavy atom. The average molecular weight is 441 g/mol. The predicted octanol–water partition coefficient (Wildman–Crippen LogP) is 6.80. The third-order valence-corrected chi connectivity index (χ3v) is 6.35. The van der Waals surface area contributed by atoms with Crippen molar-refractivity contribution in [3.63, 3.8) is 0 Å². The molecule has 0 aromatic heterocycles. The highest BCUT2D eigenvalue weighted by Crippen LogP contribution is 2.38. The molecule has 4 nitrogen and oxygen atoms in total. The predicted molar refractivity (Wildman–Crippen MR) is 135 cm³/mol. The van der Waals surface area contributed by atoms with Crippen molar-refractivity contribution < 1.29 is 9.59 Å². The van der Waals surface area contributed by atoms with E-state index in [1.165, 1.54) is 0 Å². The molecule has 4 heteroatoms. The smallest absolute Gasteiger partial charge is 0.235 e. The van der Waals surface area contributed by atoms with Crippen molar-refractivity contribution in [3.05, 3.63) is 89.5 Å². The molecular weight excluding hydrogens is 408 g/mol. The first-order valence-corrected chi connectivity index (χ1v) is 11.8. The van der Waals surface area contributed by atoms with Crippen molar-refractivity contribution >= 4 is 28.9 Å². The maximum Gasteiger partial charge on any atom is 0.235 e. The van der Waals surface area contributed by atoms with Crippen molar-refractivity contribution in [2.24, 2.45) is 5.92 Å². The van der Waals surface area contributed by atoms with Crippen LogP contribution < -0.4 is 10.2 Å². The lowest BCUT2D eigenvalue weighted by molar-refractivity contribution is -0.126. The number of carbonyl (C=O) groups is 2. The van der Waals surface area contributed by atoms with Crippen LogP contribution in [0.15, 0.2) is 72.8 Å². The van der Waals surface area contributed by atoms with E-state index in [0.29, 0.717) is 6.42 Å². The molecule has 1 N–H and O–H groups in total. The fraction of sp³-hybridized carbons (Fsp3) is 0.310. The van der Waals surface area contributed by atoms with Crippen LogP contribution in [0, 0.1) is 5.92 Å². The lowest BCUT2D eigenvalue weighted by Gasteiger charge is -2.34. The van der Waals surface area contributed by atoms with Gasteiger partial charge in [0.15, 0.2) is 0 Å². The van der Waals surface area contributed by atoms with Crippen LogP contribution in [-0.2, 0) is 16.0 Å². The van der Waals surface area contributed by atoms with Crippen LogP contribution in [0.4, 0.5) is 17.1 Å². The minimum absolute atomic E-state index is 0.0312. The van der Waals surface area contributed by atoms with E-state index in [1.54, 1.807) is 4.90 Å². The second kappa shape index (κ2) is 9.62. The second-order valence-corrected chi connectivity index (χ2v) is 9.41. The van der Waals surface area contributed by atoms with E-state index < -0.39 is 5.92 Å². The summed E-state index contributed by atoms with van der Waals surface area (Å²) in [5.41, 5.74) is 5.96. The summed E-state index contributed by atoms with van der Waals surface area (Å²) in [7, 11) is 0. The average Bonchev–Trinajstić information content (AvgIpc) is 2.80. The van der Waals surface area contributed by atoms with Gasteiger partial charge in [-0.1, -0.05) is 82.3 Å². The summed E-state index contributed by atoms with van der Waals surface area (Å²) >= 11 is 0.